The van der Waals surface area contributed by atoms with E-state index in [2.05, 4.69) is 15.1 Å². The molecule has 1 fully saturated rings. The van der Waals surface area contributed by atoms with Gasteiger partial charge in [0.1, 0.15) is 5.82 Å². The van der Waals surface area contributed by atoms with Crippen LogP contribution in [-0.2, 0) is 4.74 Å². The first-order valence-electron chi connectivity index (χ1n) is 6.54. The maximum absolute atomic E-state index is 13.1. The molecule has 0 aliphatic heterocycles. The van der Waals surface area contributed by atoms with Gasteiger partial charge in [0, 0.05) is 6.20 Å². The Labute approximate surface area is 115 Å². The Bertz CT molecular complexity index is 585. The monoisotopic (exact) mass is 278 g/mol. The first-order valence-corrected chi connectivity index (χ1v) is 6.54. The van der Waals surface area contributed by atoms with E-state index in [-0.39, 0.29) is 5.89 Å². The van der Waals surface area contributed by atoms with Crippen molar-refractivity contribution in [3.05, 3.63) is 30.1 Å². The summed E-state index contributed by atoms with van der Waals surface area (Å²) in [6, 6.07) is 0.829. The first-order chi connectivity index (χ1) is 9.72. The Hall–Kier alpha value is -1.86. The number of nitrogens with two attached hydrogens (primary N) is 1. The van der Waals surface area contributed by atoms with Crippen LogP contribution >= 0.6 is 0 Å². The highest BCUT2D eigenvalue weighted by Crippen LogP contribution is 2.23. The summed E-state index contributed by atoms with van der Waals surface area (Å²) in [6.07, 6.45) is 6.24. The second kappa shape index (κ2) is 5.64. The fourth-order valence-electron chi connectivity index (χ4n) is 1.88. The highest BCUT2D eigenvalue weighted by atomic mass is 19.1. The molecule has 20 heavy (non-hydrogen) atoms. The molecular weight excluding hydrogens is 263 g/mol. The molecule has 2 aromatic rings. The van der Waals surface area contributed by atoms with E-state index >= 15 is 0 Å². The third-order valence-electron chi connectivity index (χ3n) is 3.29. The van der Waals surface area contributed by atoms with Crippen molar-refractivity contribution in [3.63, 3.8) is 0 Å². The molecule has 0 bridgehead atoms. The summed E-state index contributed by atoms with van der Waals surface area (Å²) in [6.45, 7) is 0.352. The zero-order valence-electron chi connectivity index (χ0n) is 10.8. The topological polar surface area (TPSA) is 87.1 Å². The van der Waals surface area contributed by atoms with E-state index in [0.717, 1.165) is 19.0 Å². The lowest BCUT2D eigenvalue weighted by Crippen LogP contribution is -2.27. The summed E-state index contributed by atoms with van der Waals surface area (Å²) in [5, 5.41) is 3.80. The molecule has 2 heterocycles. The van der Waals surface area contributed by atoms with Gasteiger partial charge in [-0.3, -0.25) is 4.98 Å². The van der Waals surface area contributed by atoms with Crippen LogP contribution < -0.4 is 5.73 Å². The minimum atomic E-state index is -0.458. The van der Waals surface area contributed by atoms with E-state index in [1.54, 1.807) is 0 Å². The molecule has 7 heteroatoms. The fourth-order valence-corrected chi connectivity index (χ4v) is 1.88. The van der Waals surface area contributed by atoms with Crippen molar-refractivity contribution >= 4 is 0 Å². The van der Waals surface area contributed by atoms with Crippen LogP contribution in [0.15, 0.2) is 23.0 Å². The second-order valence-electron chi connectivity index (χ2n) is 4.84. The van der Waals surface area contributed by atoms with Crippen LogP contribution in [0, 0.1) is 5.82 Å². The summed E-state index contributed by atoms with van der Waals surface area (Å²) in [5.74, 6) is 0.0922. The van der Waals surface area contributed by atoms with Crippen LogP contribution in [0.3, 0.4) is 0 Å². The molecule has 1 aliphatic rings. The van der Waals surface area contributed by atoms with Crippen molar-refractivity contribution in [2.75, 3.05) is 6.61 Å². The van der Waals surface area contributed by atoms with Crippen molar-refractivity contribution in [3.8, 4) is 11.5 Å². The summed E-state index contributed by atoms with van der Waals surface area (Å²) < 4.78 is 23.8. The van der Waals surface area contributed by atoms with Gasteiger partial charge in [-0.2, -0.15) is 4.98 Å². The summed E-state index contributed by atoms with van der Waals surface area (Å²) in [7, 11) is 0. The van der Waals surface area contributed by atoms with Gasteiger partial charge in [-0.15, -0.1) is 0 Å². The second-order valence-corrected chi connectivity index (χ2v) is 4.84. The molecule has 6 nitrogen and oxygen atoms in total. The molecule has 2 N–H and O–H groups in total. The molecule has 1 aliphatic carbocycles. The standard InChI is InChI=1S/C13H15FN4O2/c14-9-4-8(5-16-6-9)13-17-12(18-20-13)11(15)7-19-10-2-1-3-10/h4-6,10-11H,1-3,7,15H2. The molecule has 106 valence electrons. The zero-order chi connectivity index (χ0) is 13.9. The predicted octanol–water partition coefficient (Wildman–Crippen LogP) is 1.84. The Kier molecular flexibility index (Phi) is 3.70. The quantitative estimate of drug-likeness (QED) is 0.898. The van der Waals surface area contributed by atoms with Crippen molar-refractivity contribution in [1.29, 1.82) is 0 Å². The third kappa shape index (κ3) is 2.83. The number of rotatable bonds is 5. The van der Waals surface area contributed by atoms with E-state index in [1.807, 2.05) is 0 Å². The Balaban J connectivity index is 1.66. The average molecular weight is 278 g/mol. The lowest BCUT2D eigenvalue weighted by Gasteiger charge is -2.26. The number of ether oxygens (including phenoxy) is 1. The van der Waals surface area contributed by atoms with E-state index in [1.165, 1.54) is 18.7 Å². The van der Waals surface area contributed by atoms with Crippen molar-refractivity contribution in [2.24, 2.45) is 5.73 Å². The average Bonchev–Trinajstić information content (AvgIpc) is 2.86. The number of hydrogen-bond donors (Lipinski definition) is 1. The SMILES string of the molecule is NC(COC1CCC1)c1noc(-c2cncc(F)c2)n1. The minimum Gasteiger partial charge on any atom is -0.376 e. The van der Waals surface area contributed by atoms with Gasteiger partial charge < -0.3 is 15.0 Å². The van der Waals surface area contributed by atoms with Crippen LogP contribution in [-0.4, -0.2) is 27.8 Å². The third-order valence-corrected chi connectivity index (χ3v) is 3.29. The van der Waals surface area contributed by atoms with Crippen LogP contribution in [0.1, 0.15) is 31.1 Å². The minimum absolute atomic E-state index is 0.200. The lowest BCUT2D eigenvalue weighted by molar-refractivity contribution is -0.00549. The van der Waals surface area contributed by atoms with Gasteiger partial charge in [0.2, 0.25) is 0 Å². The van der Waals surface area contributed by atoms with Gasteiger partial charge in [0.15, 0.2) is 5.82 Å². The van der Waals surface area contributed by atoms with Crippen LogP contribution in [0.25, 0.3) is 11.5 Å². The Morgan fingerprint density at radius 1 is 1.45 bits per heavy atom. The smallest absolute Gasteiger partial charge is 0.259 e. The van der Waals surface area contributed by atoms with Crippen molar-refractivity contribution in [1.82, 2.24) is 15.1 Å². The number of aromatic nitrogens is 3. The molecule has 0 spiro atoms. The van der Waals surface area contributed by atoms with E-state index in [4.69, 9.17) is 15.0 Å². The summed E-state index contributed by atoms with van der Waals surface area (Å²) in [5.41, 5.74) is 6.37. The molecule has 0 saturated heterocycles. The number of nitrogens with zero attached hydrogens (tertiary/aromatic N) is 3. The molecule has 0 amide bonds. The van der Waals surface area contributed by atoms with Crippen LogP contribution in [0.5, 0.6) is 0 Å². The van der Waals surface area contributed by atoms with Gasteiger partial charge >= 0.3 is 0 Å². The van der Waals surface area contributed by atoms with Crippen LogP contribution in [0.2, 0.25) is 0 Å². The molecule has 0 radical (unpaired) electrons. The highest BCUT2D eigenvalue weighted by Gasteiger charge is 2.21. The maximum atomic E-state index is 13.1. The van der Waals surface area contributed by atoms with Gasteiger partial charge in [-0.05, 0) is 25.3 Å². The molecule has 1 unspecified atom stereocenters. The Morgan fingerprint density at radius 3 is 3.00 bits per heavy atom. The van der Waals surface area contributed by atoms with Gasteiger partial charge in [0.05, 0.1) is 30.5 Å². The molecule has 0 aromatic carbocycles. The van der Waals surface area contributed by atoms with Gasteiger partial charge in [-0.25, -0.2) is 4.39 Å². The van der Waals surface area contributed by atoms with Gasteiger partial charge in [-0.1, -0.05) is 5.16 Å². The highest BCUT2D eigenvalue weighted by molar-refractivity contribution is 5.50. The molecule has 1 atom stereocenters. The molecule has 3 rings (SSSR count). The van der Waals surface area contributed by atoms with Crippen LogP contribution in [0.4, 0.5) is 4.39 Å². The molecular formula is C13H15FN4O2. The zero-order valence-corrected chi connectivity index (χ0v) is 10.8. The first kappa shape index (κ1) is 13.1. The number of halogens is 1. The normalized spacial score (nSPS) is 16.9. The van der Waals surface area contributed by atoms with Crippen molar-refractivity contribution in [2.45, 2.75) is 31.4 Å². The predicted molar refractivity (Wildman–Crippen MR) is 68.0 cm³/mol. The van der Waals surface area contributed by atoms with E-state index in [0.29, 0.717) is 24.1 Å². The van der Waals surface area contributed by atoms with E-state index < -0.39 is 11.9 Å². The molecule has 2 aromatic heterocycles. The van der Waals surface area contributed by atoms with E-state index in [9.17, 15) is 4.39 Å². The fraction of sp³-hybridized carbons (Fsp3) is 0.462. The summed E-state index contributed by atoms with van der Waals surface area (Å²) >= 11 is 0. The summed E-state index contributed by atoms with van der Waals surface area (Å²) in [4.78, 5) is 7.89. The maximum Gasteiger partial charge on any atom is 0.259 e. The number of hydrogen-bond acceptors (Lipinski definition) is 6. The van der Waals surface area contributed by atoms with Crippen molar-refractivity contribution < 1.29 is 13.7 Å². The largest absolute Gasteiger partial charge is 0.376 e. The Morgan fingerprint density at radius 2 is 2.30 bits per heavy atom. The number of pyridine rings is 1. The lowest BCUT2D eigenvalue weighted by atomic mass is 9.96. The molecule has 1 saturated carbocycles. The van der Waals surface area contributed by atoms with Gasteiger partial charge in [0.25, 0.3) is 5.89 Å².